The van der Waals surface area contributed by atoms with E-state index in [1.165, 1.54) is 25.3 Å². The molecule has 0 spiro atoms. The lowest BCUT2D eigenvalue weighted by atomic mass is 10.1. The third-order valence-corrected chi connectivity index (χ3v) is 5.11. The molecule has 0 saturated carbocycles. The molecule has 0 radical (unpaired) electrons. The van der Waals surface area contributed by atoms with Crippen molar-refractivity contribution in [3.05, 3.63) is 53.4 Å². The summed E-state index contributed by atoms with van der Waals surface area (Å²) in [6.45, 7) is 0.898. The van der Waals surface area contributed by atoms with Gasteiger partial charge < -0.3 is 25.3 Å². The van der Waals surface area contributed by atoms with Crippen LogP contribution in [0.3, 0.4) is 0 Å². The molecule has 11 heteroatoms. The van der Waals surface area contributed by atoms with Gasteiger partial charge in [-0.2, -0.15) is 5.26 Å². The zero-order valence-corrected chi connectivity index (χ0v) is 17.7. The van der Waals surface area contributed by atoms with Gasteiger partial charge in [0.2, 0.25) is 18.5 Å². The molecule has 0 bridgehead atoms. The van der Waals surface area contributed by atoms with Crippen LogP contribution in [0, 0.1) is 11.3 Å². The van der Waals surface area contributed by atoms with Crippen molar-refractivity contribution in [2.45, 2.75) is 11.9 Å². The van der Waals surface area contributed by atoms with Crippen LogP contribution in [0.15, 0.2) is 52.8 Å². The Labute approximate surface area is 187 Å². The number of amides is 1. The van der Waals surface area contributed by atoms with E-state index >= 15 is 0 Å². The van der Waals surface area contributed by atoms with Crippen LogP contribution in [0.1, 0.15) is 17.3 Å². The van der Waals surface area contributed by atoms with Crippen molar-refractivity contribution in [1.82, 2.24) is 4.98 Å². The first kappa shape index (κ1) is 22.6. The summed E-state index contributed by atoms with van der Waals surface area (Å²) in [7, 11) is 0. The Hall–Kier alpha value is -4.04. The number of hydrogen-bond donors (Lipinski definition) is 2. The minimum Gasteiger partial charge on any atom is -0.454 e. The predicted octanol–water partition coefficient (Wildman–Crippen LogP) is 2.02. The van der Waals surface area contributed by atoms with Crippen molar-refractivity contribution >= 4 is 35.1 Å². The number of nitrogens with two attached hydrogens (primary N) is 1. The maximum Gasteiger partial charge on any atom is 0.341 e. The van der Waals surface area contributed by atoms with Crippen molar-refractivity contribution in [1.29, 1.82) is 5.26 Å². The molecular formula is C21H18N4O6S. The molecule has 3 N–H and O–H groups in total. The van der Waals surface area contributed by atoms with Crippen molar-refractivity contribution in [2.24, 2.45) is 5.73 Å². The molecule has 1 aliphatic rings. The van der Waals surface area contributed by atoms with Gasteiger partial charge in [0.15, 0.2) is 18.1 Å². The van der Waals surface area contributed by atoms with E-state index < -0.39 is 18.4 Å². The summed E-state index contributed by atoms with van der Waals surface area (Å²) < 4.78 is 15.5. The highest BCUT2D eigenvalue weighted by Crippen LogP contribution is 2.34. The SMILES string of the molecule is CC(N)=C(C#N)C(=O)COC(=O)c1cccnc1SCC(=O)Nc1ccc2c(c1)OCO2. The number of allylic oxidation sites excluding steroid dienone is 1. The maximum atomic E-state index is 12.4. The lowest BCUT2D eigenvalue weighted by Crippen LogP contribution is -2.18. The van der Waals surface area contributed by atoms with E-state index in [1.54, 1.807) is 24.3 Å². The van der Waals surface area contributed by atoms with Crippen LogP contribution in [-0.2, 0) is 14.3 Å². The highest BCUT2D eigenvalue weighted by molar-refractivity contribution is 8.00. The molecule has 0 unspecified atom stereocenters. The van der Waals surface area contributed by atoms with Gasteiger partial charge in [-0.05, 0) is 31.2 Å². The van der Waals surface area contributed by atoms with E-state index in [2.05, 4.69) is 10.3 Å². The monoisotopic (exact) mass is 454 g/mol. The van der Waals surface area contributed by atoms with E-state index in [-0.39, 0.29) is 40.3 Å². The molecule has 2 heterocycles. The van der Waals surface area contributed by atoms with Gasteiger partial charge in [-0.25, -0.2) is 9.78 Å². The number of aromatic nitrogens is 1. The second kappa shape index (κ2) is 10.3. The van der Waals surface area contributed by atoms with Gasteiger partial charge in [-0.15, -0.1) is 0 Å². The molecule has 3 rings (SSSR count). The molecule has 2 aromatic rings. The maximum absolute atomic E-state index is 12.4. The van der Waals surface area contributed by atoms with Gasteiger partial charge >= 0.3 is 5.97 Å². The number of nitrogens with one attached hydrogen (secondary N) is 1. The van der Waals surface area contributed by atoms with Crippen LogP contribution in [0.5, 0.6) is 11.5 Å². The summed E-state index contributed by atoms with van der Waals surface area (Å²) >= 11 is 1.03. The van der Waals surface area contributed by atoms with E-state index in [1.807, 2.05) is 0 Å². The number of anilines is 1. The highest BCUT2D eigenvalue weighted by Gasteiger charge is 2.19. The number of hydrogen-bond acceptors (Lipinski definition) is 10. The number of nitrogens with zero attached hydrogens (tertiary/aromatic N) is 2. The minimum atomic E-state index is -0.808. The lowest BCUT2D eigenvalue weighted by molar-refractivity contribution is -0.118. The van der Waals surface area contributed by atoms with E-state index in [9.17, 15) is 14.4 Å². The van der Waals surface area contributed by atoms with Crippen LogP contribution in [-0.4, -0.2) is 41.8 Å². The van der Waals surface area contributed by atoms with Crippen LogP contribution >= 0.6 is 11.8 Å². The third-order valence-electron chi connectivity index (χ3n) is 4.11. The molecule has 164 valence electrons. The Morgan fingerprint density at radius 3 is 2.81 bits per heavy atom. The second-order valence-corrected chi connectivity index (χ2v) is 7.39. The number of nitriles is 1. The Kier molecular flexibility index (Phi) is 7.30. The molecule has 0 aliphatic carbocycles. The number of fused-ring (bicyclic) bond motifs is 1. The van der Waals surface area contributed by atoms with Gasteiger partial charge in [-0.3, -0.25) is 9.59 Å². The van der Waals surface area contributed by atoms with Gasteiger partial charge in [0, 0.05) is 23.6 Å². The van der Waals surface area contributed by atoms with Gasteiger partial charge in [0.1, 0.15) is 16.7 Å². The molecule has 1 aromatic carbocycles. The number of pyridine rings is 1. The summed E-state index contributed by atoms with van der Waals surface area (Å²) in [4.78, 5) is 40.8. The fourth-order valence-electron chi connectivity index (χ4n) is 2.62. The Balaban J connectivity index is 1.58. The summed E-state index contributed by atoms with van der Waals surface area (Å²) in [5, 5.41) is 11.9. The van der Waals surface area contributed by atoms with Crippen molar-refractivity contribution in [3.8, 4) is 17.6 Å². The summed E-state index contributed by atoms with van der Waals surface area (Å²) in [6, 6.07) is 9.70. The molecule has 32 heavy (non-hydrogen) atoms. The smallest absolute Gasteiger partial charge is 0.341 e. The summed E-state index contributed by atoms with van der Waals surface area (Å²) in [5.41, 5.74) is 5.88. The third kappa shape index (κ3) is 5.55. The number of ketones is 1. The first-order valence-electron chi connectivity index (χ1n) is 9.23. The van der Waals surface area contributed by atoms with Crippen molar-refractivity contribution < 1.29 is 28.6 Å². The minimum absolute atomic E-state index is 0.0294. The molecule has 0 saturated heterocycles. The van der Waals surface area contributed by atoms with Crippen LogP contribution in [0.2, 0.25) is 0 Å². The lowest BCUT2D eigenvalue weighted by Gasteiger charge is -2.09. The van der Waals surface area contributed by atoms with Gasteiger partial charge in [0.05, 0.1) is 11.3 Å². The zero-order valence-electron chi connectivity index (χ0n) is 16.9. The first-order valence-corrected chi connectivity index (χ1v) is 10.2. The average Bonchev–Trinajstić information content (AvgIpc) is 3.24. The molecule has 1 amide bonds. The number of rotatable bonds is 8. The normalized spacial score (nSPS) is 12.4. The quantitative estimate of drug-likeness (QED) is 0.262. The molecule has 0 fully saturated rings. The summed E-state index contributed by atoms with van der Waals surface area (Å²) in [5.74, 6) is -0.723. The zero-order chi connectivity index (χ0) is 23.1. The Morgan fingerprint density at radius 2 is 2.06 bits per heavy atom. The van der Waals surface area contributed by atoms with Crippen molar-refractivity contribution in [3.63, 3.8) is 0 Å². The number of ether oxygens (including phenoxy) is 3. The topological polar surface area (TPSA) is 154 Å². The van der Waals surface area contributed by atoms with E-state index in [4.69, 9.17) is 25.2 Å². The summed E-state index contributed by atoms with van der Waals surface area (Å²) in [6.07, 6.45) is 1.47. The van der Waals surface area contributed by atoms with Gasteiger partial charge in [0.25, 0.3) is 0 Å². The Morgan fingerprint density at radius 1 is 1.28 bits per heavy atom. The van der Waals surface area contributed by atoms with E-state index in [0.29, 0.717) is 17.2 Å². The van der Waals surface area contributed by atoms with Gasteiger partial charge in [-0.1, -0.05) is 11.8 Å². The second-order valence-electron chi connectivity index (χ2n) is 6.43. The number of benzene rings is 1. The van der Waals surface area contributed by atoms with Crippen LogP contribution in [0.4, 0.5) is 5.69 Å². The highest BCUT2D eigenvalue weighted by atomic mass is 32.2. The number of thioether (sulfide) groups is 1. The molecular weight excluding hydrogens is 436 g/mol. The number of Topliss-reactive ketones (excluding diaryl/α,β-unsaturated/α-hetero) is 1. The van der Waals surface area contributed by atoms with Crippen LogP contribution < -0.4 is 20.5 Å². The number of carbonyl (C=O) groups excluding carboxylic acids is 3. The first-order chi connectivity index (χ1) is 15.4. The number of carbonyl (C=O) groups is 3. The molecule has 1 aliphatic heterocycles. The average molecular weight is 454 g/mol. The molecule has 0 atom stereocenters. The van der Waals surface area contributed by atoms with E-state index in [0.717, 1.165) is 11.8 Å². The molecule has 1 aromatic heterocycles. The standard InChI is InChI=1S/C21H18N4O6S/c1-12(23)15(8-22)16(26)9-29-21(28)14-3-2-6-24-20(14)32-10-19(27)25-13-4-5-17-18(7-13)31-11-30-17/h2-7H,9-11,23H2,1H3,(H,25,27). The largest absolute Gasteiger partial charge is 0.454 e. The fraction of sp³-hybridized carbons (Fsp3) is 0.190. The molecule has 10 nitrogen and oxygen atoms in total. The van der Waals surface area contributed by atoms with Crippen LogP contribution in [0.25, 0.3) is 0 Å². The van der Waals surface area contributed by atoms with Crippen molar-refractivity contribution in [2.75, 3.05) is 24.5 Å². The fourth-order valence-corrected chi connectivity index (χ4v) is 3.40. The predicted molar refractivity (Wildman–Crippen MR) is 114 cm³/mol. The Bertz CT molecular complexity index is 1140. The number of esters is 1.